The van der Waals surface area contributed by atoms with Crippen molar-refractivity contribution in [3.63, 3.8) is 0 Å². The summed E-state index contributed by atoms with van der Waals surface area (Å²) >= 11 is 6.87. The summed E-state index contributed by atoms with van der Waals surface area (Å²) in [6.07, 6.45) is 0. The van der Waals surface area contributed by atoms with Gasteiger partial charge >= 0.3 is 5.69 Å². The maximum Gasteiger partial charge on any atom is 0.310 e. The van der Waals surface area contributed by atoms with Crippen LogP contribution in [0.4, 0.5) is 5.69 Å². The minimum absolute atomic E-state index is 0.0727. The van der Waals surface area contributed by atoms with Gasteiger partial charge in [0.2, 0.25) is 5.78 Å². The zero-order chi connectivity index (χ0) is 13.8. The molecule has 1 heterocycles. The van der Waals surface area contributed by atoms with Gasteiger partial charge < -0.3 is 4.74 Å². The van der Waals surface area contributed by atoms with E-state index in [0.717, 1.165) is 11.3 Å². The molecule has 0 aliphatic carbocycles. The van der Waals surface area contributed by atoms with E-state index in [-0.39, 0.29) is 23.8 Å². The zero-order valence-corrected chi connectivity index (χ0v) is 11.1. The summed E-state index contributed by atoms with van der Waals surface area (Å²) in [6.45, 7) is -0.262. The van der Waals surface area contributed by atoms with E-state index in [4.69, 9.17) is 16.3 Å². The summed E-state index contributed by atoms with van der Waals surface area (Å²) in [7, 11) is 0. The number of hydrogen-bond donors (Lipinski definition) is 0. The van der Waals surface area contributed by atoms with Gasteiger partial charge in [-0.1, -0.05) is 23.7 Å². The lowest BCUT2D eigenvalue weighted by Crippen LogP contribution is -2.10. The zero-order valence-electron chi connectivity index (χ0n) is 9.54. The molecule has 19 heavy (non-hydrogen) atoms. The van der Waals surface area contributed by atoms with E-state index in [0.29, 0.717) is 9.21 Å². The third kappa shape index (κ3) is 3.30. The number of thiophene rings is 1. The molecule has 1 aromatic heterocycles. The number of ketones is 1. The van der Waals surface area contributed by atoms with Gasteiger partial charge in [-0.3, -0.25) is 14.9 Å². The molecule has 5 nitrogen and oxygen atoms in total. The number of nitrogens with zero attached hydrogens (tertiary/aromatic N) is 1. The largest absolute Gasteiger partial charge is 0.478 e. The molecule has 0 saturated heterocycles. The molecule has 7 heteroatoms. The van der Waals surface area contributed by atoms with Gasteiger partial charge in [0.25, 0.3) is 0 Å². The number of ether oxygens (including phenoxy) is 1. The lowest BCUT2D eigenvalue weighted by atomic mass is 10.3. The van der Waals surface area contributed by atoms with E-state index in [1.165, 1.54) is 18.2 Å². The van der Waals surface area contributed by atoms with Crippen molar-refractivity contribution in [3.05, 3.63) is 55.7 Å². The van der Waals surface area contributed by atoms with Crippen LogP contribution in [0.1, 0.15) is 9.67 Å². The molecule has 0 aliphatic heterocycles. The highest BCUT2D eigenvalue weighted by atomic mass is 35.5. The van der Waals surface area contributed by atoms with E-state index in [1.807, 2.05) is 0 Å². The number of carbonyl (C=O) groups excluding carboxylic acids is 1. The van der Waals surface area contributed by atoms with Crippen LogP contribution in [0.5, 0.6) is 5.75 Å². The number of hydrogen-bond acceptors (Lipinski definition) is 5. The van der Waals surface area contributed by atoms with E-state index in [2.05, 4.69) is 0 Å². The van der Waals surface area contributed by atoms with Crippen LogP contribution < -0.4 is 4.74 Å². The molecular weight excluding hydrogens is 290 g/mol. The number of Topliss-reactive ketones (excluding diaryl/α,β-unsaturated/α-hetero) is 1. The molecule has 0 unspecified atom stereocenters. The Morgan fingerprint density at radius 2 is 2.05 bits per heavy atom. The normalized spacial score (nSPS) is 10.2. The van der Waals surface area contributed by atoms with Crippen LogP contribution in [-0.4, -0.2) is 17.3 Å². The van der Waals surface area contributed by atoms with Gasteiger partial charge in [0, 0.05) is 6.07 Å². The Kier molecular flexibility index (Phi) is 4.13. The molecule has 1 aromatic carbocycles. The summed E-state index contributed by atoms with van der Waals surface area (Å²) in [5.74, 6) is -0.196. The highest BCUT2D eigenvalue weighted by molar-refractivity contribution is 7.18. The van der Waals surface area contributed by atoms with Gasteiger partial charge in [-0.25, -0.2) is 0 Å². The van der Waals surface area contributed by atoms with Crippen LogP contribution in [0.3, 0.4) is 0 Å². The predicted molar refractivity (Wildman–Crippen MR) is 72.3 cm³/mol. The molecule has 0 atom stereocenters. The third-order valence-corrected chi connectivity index (χ3v) is 3.54. The first-order chi connectivity index (χ1) is 9.08. The second-order valence-corrected chi connectivity index (χ2v) is 5.26. The van der Waals surface area contributed by atoms with Gasteiger partial charge in [-0.05, 0) is 18.2 Å². The second kappa shape index (κ2) is 5.81. The quantitative estimate of drug-likeness (QED) is 0.480. The number of carbonyl (C=O) groups is 1. The fourth-order valence-electron chi connectivity index (χ4n) is 1.41. The van der Waals surface area contributed by atoms with E-state index in [9.17, 15) is 14.9 Å². The van der Waals surface area contributed by atoms with Crippen LogP contribution in [-0.2, 0) is 0 Å². The highest BCUT2D eigenvalue weighted by Crippen LogP contribution is 2.26. The van der Waals surface area contributed by atoms with Gasteiger partial charge in [0.05, 0.1) is 14.1 Å². The summed E-state index contributed by atoms with van der Waals surface area (Å²) in [5.41, 5.74) is -0.167. The number of halogens is 1. The Bertz CT molecular complexity index is 626. The van der Waals surface area contributed by atoms with E-state index >= 15 is 0 Å². The smallest absolute Gasteiger partial charge is 0.310 e. The Balaban J connectivity index is 2.07. The Morgan fingerprint density at radius 3 is 2.68 bits per heavy atom. The molecule has 0 aliphatic rings. The Morgan fingerprint density at radius 1 is 1.32 bits per heavy atom. The van der Waals surface area contributed by atoms with Gasteiger partial charge in [0.15, 0.2) is 12.4 Å². The lowest BCUT2D eigenvalue weighted by molar-refractivity contribution is -0.385. The molecule has 0 bridgehead atoms. The van der Waals surface area contributed by atoms with Gasteiger partial charge in [0.1, 0.15) is 0 Å². The van der Waals surface area contributed by atoms with Crippen LogP contribution in [0.15, 0.2) is 36.4 Å². The van der Waals surface area contributed by atoms with Crippen molar-refractivity contribution in [2.45, 2.75) is 0 Å². The average molecular weight is 298 g/mol. The maximum absolute atomic E-state index is 11.8. The topological polar surface area (TPSA) is 69.4 Å². The van der Waals surface area contributed by atoms with Crippen molar-refractivity contribution in [3.8, 4) is 5.75 Å². The number of nitro groups is 1. The van der Waals surface area contributed by atoms with Crippen molar-refractivity contribution >= 4 is 34.4 Å². The number of rotatable bonds is 5. The SMILES string of the molecule is O=C(COc1ccccc1[N+](=O)[O-])c1ccc(Cl)s1. The highest BCUT2D eigenvalue weighted by Gasteiger charge is 2.16. The molecule has 0 N–H and O–H groups in total. The third-order valence-electron chi connectivity index (χ3n) is 2.27. The standard InChI is InChI=1S/C12H8ClNO4S/c13-12-6-5-11(19-12)9(15)7-18-10-4-2-1-3-8(10)14(16)17/h1-6H,7H2. The van der Waals surface area contributed by atoms with Crippen LogP contribution >= 0.6 is 22.9 Å². The van der Waals surface area contributed by atoms with E-state index in [1.54, 1.807) is 18.2 Å². The maximum atomic E-state index is 11.8. The summed E-state index contributed by atoms with van der Waals surface area (Å²) < 4.78 is 5.70. The molecule has 0 amide bonds. The average Bonchev–Trinajstić information content (AvgIpc) is 2.83. The molecule has 0 radical (unpaired) electrons. The molecule has 0 saturated carbocycles. The first kappa shape index (κ1) is 13.5. The van der Waals surface area contributed by atoms with Crippen LogP contribution in [0.25, 0.3) is 0 Å². The first-order valence-electron chi connectivity index (χ1n) is 5.22. The number of para-hydroxylation sites is 2. The molecule has 0 spiro atoms. The number of benzene rings is 1. The van der Waals surface area contributed by atoms with Crippen molar-refractivity contribution < 1.29 is 14.5 Å². The summed E-state index contributed by atoms with van der Waals surface area (Å²) in [6, 6.07) is 9.12. The van der Waals surface area contributed by atoms with Crippen LogP contribution in [0.2, 0.25) is 4.34 Å². The molecule has 2 aromatic rings. The van der Waals surface area contributed by atoms with Crippen LogP contribution in [0, 0.1) is 10.1 Å². The van der Waals surface area contributed by atoms with E-state index < -0.39 is 4.92 Å². The molecule has 2 rings (SSSR count). The van der Waals surface area contributed by atoms with Crippen molar-refractivity contribution in [1.29, 1.82) is 0 Å². The lowest BCUT2D eigenvalue weighted by Gasteiger charge is -2.04. The monoisotopic (exact) mass is 297 g/mol. The Labute approximate surface area is 117 Å². The molecular formula is C12H8ClNO4S. The van der Waals surface area contributed by atoms with Crippen molar-refractivity contribution in [2.75, 3.05) is 6.61 Å². The molecule has 0 fully saturated rings. The minimum atomic E-state index is -0.554. The van der Waals surface area contributed by atoms with Gasteiger partial charge in [-0.15, -0.1) is 11.3 Å². The molecule has 98 valence electrons. The summed E-state index contributed by atoms with van der Waals surface area (Å²) in [5, 5.41) is 10.8. The predicted octanol–water partition coefficient (Wildman–Crippen LogP) is 3.57. The van der Waals surface area contributed by atoms with Crippen molar-refractivity contribution in [2.24, 2.45) is 0 Å². The second-order valence-electron chi connectivity index (χ2n) is 3.54. The summed E-state index contributed by atoms with van der Waals surface area (Å²) in [4.78, 5) is 22.4. The fraction of sp³-hybridized carbons (Fsp3) is 0.0833. The fourth-order valence-corrected chi connectivity index (χ4v) is 2.38. The Hall–Kier alpha value is -1.92. The van der Waals surface area contributed by atoms with Gasteiger partial charge in [-0.2, -0.15) is 0 Å². The minimum Gasteiger partial charge on any atom is -0.478 e. The number of nitro benzene ring substituents is 1. The first-order valence-corrected chi connectivity index (χ1v) is 6.42. The van der Waals surface area contributed by atoms with Crippen molar-refractivity contribution in [1.82, 2.24) is 0 Å².